The number of carbonyl (C=O) groups excluding carboxylic acids is 1. The first-order valence-corrected chi connectivity index (χ1v) is 17.0. The second kappa shape index (κ2) is 18.7. The zero-order chi connectivity index (χ0) is 31.7. The standard InChI is InChI=1S/C40H50O5/c1-4-6-8-10-12-14-26-42-34-21-17-32(18-22-34)29-38-40(41)39(45-37-28-31(3)16-25-36(37)44-38)30-33-19-23-35(24-20-33)43-27-15-13-11-9-7-5-2/h16-25,28-30H,4-15,26-27H2,1-3H3. The molecule has 1 aliphatic rings. The van der Waals surface area contributed by atoms with E-state index in [-0.39, 0.29) is 17.3 Å². The maximum atomic E-state index is 13.7. The number of ketones is 1. The van der Waals surface area contributed by atoms with E-state index in [1.165, 1.54) is 64.2 Å². The van der Waals surface area contributed by atoms with Gasteiger partial charge in [0.15, 0.2) is 23.0 Å². The van der Waals surface area contributed by atoms with Gasteiger partial charge in [-0.3, -0.25) is 4.79 Å². The number of ether oxygens (including phenoxy) is 4. The molecular weight excluding hydrogens is 560 g/mol. The summed E-state index contributed by atoms with van der Waals surface area (Å²) in [5, 5.41) is 0. The molecule has 4 rings (SSSR count). The van der Waals surface area contributed by atoms with Crippen LogP contribution in [0.3, 0.4) is 0 Å². The lowest BCUT2D eigenvalue weighted by Crippen LogP contribution is -2.12. The minimum atomic E-state index is -0.323. The molecule has 0 saturated carbocycles. The molecule has 1 heterocycles. The summed E-state index contributed by atoms with van der Waals surface area (Å²) >= 11 is 0. The van der Waals surface area contributed by atoms with Crippen molar-refractivity contribution in [2.75, 3.05) is 13.2 Å². The van der Waals surface area contributed by atoms with E-state index >= 15 is 0 Å². The van der Waals surface area contributed by atoms with Crippen molar-refractivity contribution in [3.8, 4) is 23.0 Å². The van der Waals surface area contributed by atoms with Gasteiger partial charge in [0.2, 0.25) is 0 Å². The Kier molecular flexibility index (Phi) is 14.1. The topological polar surface area (TPSA) is 54.0 Å². The van der Waals surface area contributed by atoms with Crippen molar-refractivity contribution in [2.45, 2.75) is 97.8 Å². The Bertz CT molecular complexity index is 1390. The van der Waals surface area contributed by atoms with Crippen LogP contribution in [-0.2, 0) is 4.79 Å². The highest BCUT2D eigenvalue weighted by Crippen LogP contribution is 2.36. The largest absolute Gasteiger partial charge is 0.494 e. The first-order valence-electron chi connectivity index (χ1n) is 17.0. The first-order chi connectivity index (χ1) is 22.1. The molecule has 0 aliphatic carbocycles. The molecule has 0 N–H and O–H groups in total. The fourth-order valence-corrected chi connectivity index (χ4v) is 5.19. The third-order valence-electron chi connectivity index (χ3n) is 7.88. The number of hydrogen-bond donors (Lipinski definition) is 0. The Morgan fingerprint density at radius 2 is 1.00 bits per heavy atom. The van der Waals surface area contributed by atoms with E-state index in [0.717, 1.165) is 41.0 Å². The molecule has 5 nitrogen and oxygen atoms in total. The lowest BCUT2D eigenvalue weighted by Gasteiger charge is -2.08. The molecule has 0 spiro atoms. The molecule has 0 fully saturated rings. The van der Waals surface area contributed by atoms with Gasteiger partial charge in [0.05, 0.1) is 13.2 Å². The van der Waals surface area contributed by atoms with Gasteiger partial charge in [0.1, 0.15) is 11.5 Å². The minimum absolute atomic E-state index is 0.198. The number of unbranched alkanes of at least 4 members (excludes halogenated alkanes) is 10. The van der Waals surface area contributed by atoms with E-state index in [1.807, 2.05) is 73.7 Å². The van der Waals surface area contributed by atoms with E-state index in [2.05, 4.69) is 13.8 Å². The summed E-state index contributed by atoms with van der Waals surface area (Å²) in [4.78, 5) is 13.7. The number of Topliss-reactive ketones (excluding diaryl/α,β-unsaturated/α-hetero) is 1. The predicted octanol–water partition coefficient (Wildman–Crippen LogP) is 10.9. The summed E-state index contributed by atoms with van der Waals surface area (Å²) < 4.78 is 24.2. The summed E-state index contributed by atoms with van der Waals surface area (Å²) in [5.41, 5.74) is 2.69. The van der Waals surface area contributed by atoms with Gasteiger partial charge in [-0.1, -0.05) is 108 Å². The monoisotopic (exact) mass is 610 g/mol. The number of fused-ring (bicyclic) bond motifs is 1. The molecule has 0 saturated heterocycles. The van der Waals surface area contributed by atoms with E-state index in [1.54, 1.807) is 12.2 Å². The van der Waals surface area contributed by atoms with Crippen molar-refractivity contribution in [3.63, 3.8) is 0 Å². The highest BCUT2D eigenvalue weighted by atomic mass is 16.5. The Morgan fingerprint density at radius 3 is 1.49 bits per heavy atom. The molecular formula is C40H50O5. The van der Waals surface area contributed by atoms with Gasteiger partial charge in [-0.15, -0.1) is 0 Å². The predicted molar refractivity (Wildman–Crippen MR) is 184 cm³/mol. The van der Waals surface area contributed by atoms with Crippen molar-refractivity contribution in [3.05, 3.63) is 94.9 Å². The maximum absolute atomic E-state index is 13.7. The molecule has 5 heteroatoms. The van der Waals surface area contributed by atoms with Crippen LogP contribution in [0.5, 0.6) is 23.0 Å². The lowest BCUT2D eigenvalue weighted by atomic mass is 10.1. The molecule has 1 aliphatic heterocycles. The van der Waals surface area contributed by atoms with Gasteiger partial charge in [0.25, 0.3) is 5.78 Å². The third kappa shape index (κ3) is 11.5. The molecule has 0 atom stereocenters. The number of rotatable bonds is 18. The van der Waals surface area contributed by atoms with Crippen LogP contribution in [0.2, 0.25) is 0 Å². The second-order valence-corrected chi connectivity index (χ2v) is 11.9. The van der Waals surface area contributed by atoms with Crippen LogP contribution in [0.15, 0.2) is 78.2 Å². The Labute approximate surface area is 270 Å². The molecule has 240 valence electrons. The van der Waals surface area contributed by atoms with Gasteiger partial charge in [0, 0.05) is 0 Å². The van der Waals surface area contributed by atoms with Crippen LogP contribution in [-0.4, -0.2) is 19.0 Å². The van der Waals surface area contributed by atoms with Crippen LogP contribution in [0.4, 0.5) is 0 Å². The van der Waals surface area contributed by atoms with Crippen molar-refractivity contribution < 1.29 is 23.7 Å². The molecule has 0 aromatic heterocycles. The fraction of sp³-hybridized carbons (Fsp3) is 0.425. The van der Waals surface area contributed by atoms with Crippen LogP contribution in [0.1, 0.15) is 108 Å². The van der Waals surface area contributed by atoms with Crippen LogP contribution in [0, 0.1) is 6.92 Å². The Hall–Kier alpha value is -3.99. The second-order valence-electron chi connectivity index (χ2n) is 11.9. The highest BCUT2D eigenvalue weighted by Gasteiger charge is 2.26. The van der Waals surface area contributed by atoms with Crippen molar-refractivity contribution in [1.29, 1.82) is 0 Å². The Balaban J connectivity index is 1.42. The van der Waals surface area contributed by atoms with Gasteiger partial charge in [-0.25, -0.2) is 0 Å². The van der Waals surface area contributed by atoms with Gasteiger partial charge >= 0.3 is 0 Å². The number of benzene rings is 3. The van der Waals surface area contributed by atoms with E-state index in [9.17, 15) is 4.79 Å². The number of hydrogen-bond acceptors (Lipinski definition) is 5. The number of aryl methyl sites for hydroxylation is 1. The minimum Gasteiger partial charge on any atom is -0.494 e. The number of carbonyl (C=O) groups is 1. The molecule has 0 unspecified atom stereocenters. The highest BCUT2D eigenvalue weighted by molar-refractivity contribution is 6.11. The molecule has 0 radical (unpaired) electrons. The lowest BCUT2D eigenvalue weighted by molar-refractivity contribution is -0.115. The fourth-order valence-electron chi connectivity index (χ4n) is 5.19. The van der Waals surface area contributed by atoms with Crippen LogP contribution in [0.25, 0.3) is 12.2 Å². The molecule has 0 bridgehead atoms. The average Bonchev–Trinajstić information content (AvgIpc) is 3.17. The zero-order valence-corrected chi connectivity index (χ0v) is 27.4. The average molecular weight is 611 g/mol. The summed E-state index contributed by atoms with van der Waals surface area (Å²) in [7, 11) is 0. The van der Waals surface area contributed by atoms with Crippen LogP contribution < -0.4 is 18.9 Å². The van der Waals surface area contributed by atoms with E-state index in [4.69, 9.17) is 18.9 Å². The summed E-state index contributed by atoms with van der Waals surface area (Å²) in [5.74, 6) is 2.73. The van der Waals surface area contributed by atoms with E-state index < -0.39 is 0 Å². The van der Waals surface area contributed by atoms with Gasteiger partial charge in [-0.2, -0.15) is 0 Å². The van der Waals surface area contributed by atoms with Crippen LogP contribution >= 0.6 is 0 Å². The van der Waals surface area contributed by atoms with E-state index in [0.29, 0.717) is 24.7 Å². The van der Waals surface area contributed by atoms with Gasteiger partial charge < -0.3 is 18.9 Å². The quantitative estimate of drug-likeness (QED) is 0.106. The molecule has 0 amide bonds. The summed E-state index contributed by atoms with van der Waals surface area (Å²) in [6.45, 7) is 7.87. The van der Waals surface area contributed by atoms with Crippen molar-refractivity contribution in [1.82, 2.24) is 0 Å². The zero-order valence-electron chi connectivity index (χ0n) is 27.4. The third-order valence-corrected chi connectivity index (χ3v) is 7.88. The summed E-state index contributed by atoms with van der Waals surface area (Å²) in [6, 6.07) is 21.2. The smallest absolute Gasteiger partial charge is 0.263 e. The molecule has 3 aromatic rings. The summed E-state index contributed by atoms with van der Waals surface area (Å²) in [6.07, 6.45) is 18.3. The van der Waals surface area contributed by atoms with Crippen molar-refractivity contribution >= 4 is 17.9 Å². The van der Waals surface area contributed by atoms with Gasteiger partial charge in [-0.05, 0) is 85.0 Å². The normalized spacial score (nSPS) is 14.5. The Morgan fingerprint density at radius 1 is 0.556 bits per heavy atom. The molecule has 45 heavy (non-hydrogen) atoms. The van der Waals surface area contributed by atoms with Crippen molar-refractivity contribution in [2.24, 2.45) is 0 Å². The maximum Gasteiger partial charge on any atom is 0.263 e. The molecule has 3 aromatic carbocycles. The first kappa shape index (κ1) is 33.9. The SMILES string of the molecule is CCCCCCCCOc1ccc(C=C2Oc3ccc(C)cc3OC(=Cc3ccc(OCCCCCCCC)cc3)C2=O)cc1.